The first-order chi connectivity index (χ1) is 20.9. The van der Waals surface area contributed by atoms with Crippen LogP contribution >= 0.6 is 0 Å². The van der Waals surface area contributed by atoms with Crippen molar-refractivity contribution in [2.45, 2.75) is 25.4 Å². The number of halogens is 3. The van der Waals surface area contributed by atoms with Gasteiger partial charge in [0.15, 0.2) is 17.1 Å². The van der Waals surface area contributed by atoms with Gasteiger partial charge in [-0.15, -0.1) is 5.10 Å². The van der Waals surface area contributed by atoms with Crippen molar-refractivity contribution in [2.24, 2.45) is 12.8 Å². The molecule has 0 radical (unpaired) electrons. The summed E-state index contributed by atoms with van der Waals surface area (Å²) < 4.78 is 40.2. The van der Waals surface area contributed by atoms with Crippen molar-refractivity contribution >= 4 is 46.2 Å². The van der Waals surface area contributed by atoms with Crippen LogP contribution in [0.5, 0.6) is 0 Å². The first-order valence-corrected chi connectivity index (χ1v) is 13.0. The molecule has 0 bridgehead atoms. The Balaban J connectivity index is 0.000000566. The number of carboxylic acid groups (broad SMARTS) is 1. The van der Waals surface area contributed by atoms with Gasteiger partial charge in [-0.2, -0.15) is 27.8 Å². The maximum Gasteiger partial charge on any atom is 0.490 e. The van der Waals surface area contributed by atoms with E-state index in [0.717, 1.165) is 18.4 Å². The second-order valence-corrected chi connectivity index (χ2v) is 9.23. The van der Waals surface area contributed by atoms with E-state index in [1.165, 1.54) is 10.8 Å². The van der Waals surface area contributed by atoms with Crippen molar-refractivity contribution in [3.05, 3.63) is 54.4 Å². The number of carbonyl (C=O) groups is 3. The fourth-order valence-electron chi connectivity index (χ4n) is 3.80. The minimum absolute atomic E-state index is 0.0581. The lowest BCUT2D eigenvalue weighted by Gasteiger charge is -2.09. The molecule has 0 aliphatic carbocycles. The van der Waals surface area contributed by atoms with Crippen LogP contribution in [0.1, 0.15) is 18.4 Å². The summed E-state index contributed by atoms with van der Waals surface area (Å²) in [6.07, 6.45) is 0.219. The van der Waals surface area contributed by atoms with Crippen LogP contribution in [0.25, 0.3) is 28.3 Å². The van der Waals surface area contributed by atoms with E-state index in [4.69, 9.17) is 20.1 Å². The first kappa shape index (κ1) is 31.4. The molecule has 44 heavy (non-hydrogen) atoms. The molecule has 5 rings (SSSR count). The van der Waals surface area contributed by atoms with E-state index in [9.17, 15) is 22.8 Å². The molecule has 4 heterocycles. The molecule has 4 aromatic heterocycles. The number of anilines is 2. The van der Waals surface area contributed by atoms with Gasteiger partial charge in [0.1, 0.15) is 0 Å². The summed E-state index contributed by atoms with van der Waals surface area (Å²) in [6, 6.07) is 10.0. The van der Waals surface area contributed by atoms with Crippen molar-refractivity contribution < 1.29 is 37.1 Å². The fraction of sp³-hybridized carbons (Fsp3) is 0.269. The van der Waals surface area contributed by atoms with Gasteiger partial charge in [0.05, 0.1) is 18.1 Å². The Labute approximate surface area is 246 Å². The Kier molecular flexibility index (Phi) is 9.74. The summed E-state index contributed by atoms with van der Waals surface area (Å²) in [7, 11) is 1.77. The minimum atomic E-state index is -5.08. The van der Waals surface area contributed by atoms with Crippen LogP contribution in [0.15, 0.2) is 53.3 Å². The zero-order valence-electron chi connectivity index (χ0n) is 23.1. The predicted octanol–water partition coefficient (Wildman–Crippen LogP) is 2.95. The number of nitrogens with one attached hydrogen (secondary N) is 3. The van der Waals surface area contributed by atoms with Gasteiger partial charge >= 0.3 is 18.2 Å². The highest BCUT2D eigenvalue weighted by molar-refractivity contribution is 6.00. The third-order valence-corrected chi connectivity index (χ3v) is 5.81. The van der Waals surface area contributed by atoms with E-state index < -0.39 is 18.2 Å². The smallest absolute Gasteiger partial charge is 0.475 e. The number of amides is 3. The van der Waals surface area contributed by atoms with E-state index in [2.05, 4.69) is 36.1 Å². The average Bonchev–Trinajstić information content (AvgIpc) is 3.71. The maximum absolute atomic E-state index is 12.8. The average molecular weight is 617 g/mol. The summed E-state index contributed by atoms with van der Waals surface area (Å²) >= 11 is 0. The predicted molar refractivity (Wildman–Crippen MR) is 151 cm³/mol. The molecule has 18 heteroatoms. The quantitative estimate of drug-likeness (QED) is 0.153. The maximum atomic E-state index is 12.8. The number of benzene rings is 1. The molecule has 15 nitrogen and oxygen atoms in total. The van der Waals surface area contributed by atoms with Gasteiger partial charge < -0.3 is 25.9 Å². The van der Waals surface area contributed by atoms with Crippen molar-refractivity contribution in [1.82, 2.24) is 34.7 Å². The molecule has 0 saturated heterocycles. The van der Waals surface area contributed by atoms with Crippen molar-refractivity contribution in [1.29, 1.82) is 0 Å². The van der Waals surface area contributed by atoms with Crippen molar-refractivity contribution in [2.75, 3.05) is 23.7 Å². The number of rotatable bonds is 9. The van der Waals surface area contributed by atoms with E-state index in [1.807, 2.05) is 0 Å². The summed E-state index contributed by atoms with van der Waals surface area (Å²) in [6.45, 7) is 1.22. The van der Waals surface area contributed by atoms with Crippen LogP contribution in [-0.4, -0.2) is 71.6 Å². The van der Waals surface area contributed by atoms with Crippen molar-refractivity contribution in [3.8, 4) is 11.6 Å². The SMILES string of the molecule is Cn1cc2c(nc(NC(=O)Nc3ccc(CC(=O)NCCCCN)cc3)n3nc(-c4ccco4)nc23)n1.O=C(O)C(F)(F)F. The summed E-state index contributed by atoms with van der Waals surface area (Å²) in [4.78, 5) is 42.8. The van der Waals surface area contributed by atoms with Crippen LogP contribution < -0.4 is 21.7 Å². The number of nitrogens with two attached hydrogens (primary N) is 1. The number of aliphatic carboxylic acids is 1. The Morgan fingerprint density at radius 1 is 1.05 bits per heavy atom. The molecule has 0 spiro atoms. The van der Waals surface area contributed by atoms with Crippen LogP contribution in [0, 0.1) is 0 Å². The molecule has 0 aliphatic heterocycles. The zero-order valence-corrected chi connectivity index (χ0v) is 23.1. The number of hydrogen-bond acceptors (Lipinski definition) is 9. The Morgan fingerprint density at radius 3 is 2.41 bits per heavy atom. The molecule has 5 aromatic rings. The molecular formula is C26H27F3N10O5. The lowest BCUT2D eigenvalue weighted by molar-refractivity contribution is -0.192. The van der Waals surface area contributed by atoms with Gasteiger partial charge in [-0.3, -0.25) is 14.8 Å². The number of carbonyl (C=O) groups excluding carboxylic acids is 2. The van der Waals surface area contributed by atoms with E-state index >= 15 is 0 Å². The normalized spacial score (nSPS) is 11.2. The molecule has 1 aromatic carbocycles. The second kappa shape index (κ2) is 13.6. The van der Waals surface area contributed by atoms with E-state index in [-0.39, 0.29) is 18.3 Å². The number of alkyl halides is 3. The highest BCUT2D eigenvalue weighted by Crippen LogP contribution is 2.24. The molecular weight excluding hydrogens is 589 g/mol. The standard InChI is InChI=1S/C24H26N10O3.C2HF3O2/c1-33-14-17-20(31-33)29-23(34-22(17)28-21(32-34)18-5-4-12-37-18)30-24(36)27-16-8-6-15(7-9-16)13-19(35)26-11-3-2-10-25;3-2(4,5)1(6)7/h4-9,12,14H,2-3,10-11,13,25H2,1H3,(H,26,35)(H2,27,29,30,31,36);(H,6,7). The minimum Gasteiger partial charge on any atom is -0.475 e. The number of carboxylic acids is 1. The molecule has 0 fully saturated rings. The van der Waals surface area contributed by atoms with Gasteiger partial charge in [-0.05, 0) is 49.2 Å². The lowest BCUT2D eigenvalue weighted by atomic mass is 10.1. The topological polar surface area (TPSA) is 208 Å². The number of fused-ring (bicyclic) bond motifs is 3. The van der Waals surface area contributed by atoms with Gasteiger partial charge in [-0.1, -0.05) is 12.1 Å². The Bertz CT molecular complexity index is 1750. The van der Waals surface area contributed by atoms with Crippen LogP contribution in [0.4, 0.5) is 29.6 Å². The van der Waals surface area contributed by atoms with Gasteiger partial charge in [0, 0.05) is 25.5 Å². The highest BCUT2D eigenvalue weighted by Gasteiger charge is 2.38. The Morgan fingerprint density at radius 2 is 1.77 bits per heavy atom. The number of nitrogens with zero attached hydrogens (tertiary/aromatic N) is 6. The van der Waals surface area contributed by atoms with Gasteiger partial charge in [-0.25, -0.2) is 14.6 Å². The lowest BCUT2D eigenvalue weighted by Crippen LogP contribution is -2.26. The highest BCUT2D eigenvalue weighted by atomic mass is 19.4. The molecule has 0 aliphatic rings. The molecule has 0 unspecified atom stereocenters. The molecule has 3 amide bonds. The van der Waals surface area contributed by atoms with E-state index in [0.29, 0.717) is 47.0 Å². The second-order valence-electron chi connectivity index (χ2n) is 9.23. The number of aromatic nitrogens is 6. The summed E-state index contributed by atoms with van der Waals surface area (Å²) in [5.74, 6) is -1.83. The molecule has 6 N–H and O–H groups in total. The first-order valence-electron chi connectivity index (χ1n) is 13.0. The van der Waals surface area contributed by atoms with Crippen LogP contribution in [0.2, 0.25) is 0 Å². The summed E-state index contributed by atoms with van der Waals surface area (Å²) in [5.41, 5.74) is 7.73. The zero-order chi connectivity index (χ0) is 31.9. The third kappa shape index (κ3) is 8.06. The number of urea groups is 1. The number of hydrogen-bond donors (Lipinski definition) is 5. The molecule has 232 valence electrons. The van der Waals surface area contributed by atoms with E-state index in [1.54, 1.807) is 54.3 Å². The number of unbranched alkanes of at least 4 members (excludes halogenated alkanes) is 1. The number of aryl methyl sites for hydroxylation is 1. The summed E-state index contributed by atoms with van der Waals surface area (Å²) in [5, 5.41) is 25.0. The van der Waals surface area contributed by atoms with Crippen LogP contribution in [0.3, 0.4) is 0 Å². The van der Waals surface area contributed by atoms with Crippen molar-refractivity contribution in [3.63, 3.8) is 0 Å². The third-order valence-electron chi connectivity index (χ3n) is 5.81. The van der Waals surface area contributed by atoms with Gasteiger partial charge in [0.2, 0.25) is 17.7 Å². The molecule has 0 saturated carbocycles. The largest absolute Gasteiger partial charge is 0.490 e. The monoisotopic (exact) mass is 616 g/mol. The van der Waals surface area contributed by atoms with Gasteiger partial charge in [0.25, 0.3) is 0 Å². The number of furan rings is 1. The van der Waals surface area contributed by atoms with Crippen LogP contribution in [-0.2, 0) is 23.1 Å². The molecule has 0 atom stereocenters. The fourth-order valence-corrected chi connectivity index (χ4v) is 3.80. The Hall–Kier alpha value is -5.52.